The van der Waals surface area contributed by atoms with Crippen molar-refractivity contribution in [2.75, 3.05) is 18.4 Å². The number of amides is 3. The molecule has 8 nitrogen and oxygen atoms in total. The van der Waals surface area contributed by atoms with Crippen molar-refractivity contribution in [3.63, 3.8) is 0 Å². The lowest BCUT2D eigenvalue weighted by Gasteiger charge is -2.29. The zero-order chi connectivity index (χ0) is 25.7. The fourth-order valence-corrected chi connectivity index (χ4v) is 4.30. The minimum absolute atomic E-state index is 0.173. The van der Waals surface area contributed by atoms with E-state index in [4.69, 9.17) is 4.74 Å². The molecule has 0 radical (unpaired) electrons. The largest absolute Gasteiger partial charge is 0.438 e. The third kappa shape index (κ3) is 5.38. The van der Waals surface area contributed by atoms with Crippen LogP contribution in [-0.2, 0) is 16.1 Å². The van der Waals surface area contributed by atoms with E-state index >= 15 is 0 Å². The maximum absolute atomic E-state index is 13.6. The van der Waals surface area contributed by atoms with Crippen LogP contribution in [-0.4, -0.2) is 51.8 Å². The number of nitrogens with zero attached hydrogens (tertiary/aromatic N) is 3. The summed E-state index contributed by atoms with van der Waals surface area (Å²) in [5.41, 5.74) is 3.61. The topological polar surface area (TPSA) is 91.8 Å². The second-order valence-corrected chi connectivity index (χ2v) is 8.69. The van der Waals surface area contributed by atoms with E-state index in [9.17, 15) is 14.4 Å². The summed E-state index contributed by atoms with van der Waals surface area (Å²) in [5, 5.41) is 2.85. The predicted octanol–water partition coefficient (Wildman–Crippen LogP) is 4.57. The Bertz CT molecular complexity index is 1230. The van der Waals surface area contributed by atoms with Gasteiger partial charge in [0.05, 0.1) is 12.1 Å². The van der Waals surface area contributed by atoms with Gasteiger partial charge in [0.15, 0.2) is 12.1 Å². The summed E-state index contributed by atoms with van der Waals surface area (Å²) in [4.78, 5) is 46.5. The molecule has 1 fully saturated rings. The monoisotopic (exact) mass is 486 g/mol. The second kappa shape index (κ2) is 11.0. The first-order valence-corrected chi connectivity index (χ1v) is 12.0. The normalized spacial score (nSPS) is 17.0. The van der Waals surface area contributed by atoms with Crippen LogP contribution >= 0.6 is 0 Å². The van der Waals surface area contributed by atoms with Crippen LogP contribution < -0.4 is 5.32 Å². The number of hydrogen-bond acceptors (Lipinski definition) is 5. The van der Waals surface area contributed by atoms with Crippen molar-refractivity contribution in [1.29, 1.82) is 0 Å². The van der Waals surface area contributed by atoms with E-state index in [0.29, 0.717) is 29.9 Å². The highest BCUT2D eigenvalue weighted by molar-refractivity contribution is 6.04. The van der Waals surface area contributed by atoms with Gasteiger partial charge in [-0.25, -0.2) is 4.79 Å². The first-order chi connectivity index (χ1) is 17.4. The molecule has 1 aromatic heterocycles. The van der Waals surface area contributed by atoms with E-state index in [-0.39, 0.29) is 18.4 Å². The number of rotatable bonds is 8. The Morgan fingerprint density at radius 2 is 1.81 bits per heavy atom. The lowest BCUT2D eigenvalue weighted by Crippen LogP contribution is -2.48. The lowest BCUT2D eigenvalue weighted by atomic mass is 9.99. The average Bonchev–Trinajstić information content (AvgIpc) is 3.22. The molecule has 1 aliphatic heterocycles. The second-order valence-electron chi connectivity index (χ2n) is 8.69. The third-order valence-electron chi connectivity index (χ3n) is 6.28. The molecule has 2 aromatic carbocycles. The number of hydrogen-bond donors (Lipinski definition) is 1. The van der Waals surface area contributed by atoms with Crippen LogP contribution in [0.3, 0.4) is 0 Å². The number of pyridine rings is 1. The van der Waals surface area contributed by atoms with Crippen LogP contribution in [0.25, 0.3) is 0 Å². The molecule has 0 bridgehead atoms. The van der Waals surface area contributed by atoms with Crippen molar-refractivity contribution < 1.29 is 19.1 Å². The number of carbonyl (C=O) groups is 3. The Morgan fingerprint density at radius 3 is 2.47 bits per heavy atom. The van der Waals surface area contributed by atoms with Crippen molar-refractivity contribution in [3.05, 3.63) is 95.3 Å². The Balaban J connectivity index is 1.64. The van der Waals surface area contributed by atoms with E-state index in [0.717, 1.165) is 11.1 Å². The van der Waals surface area contributed by atoms with Crippen molar-refractivity contribution in [2.24, 2.45) is 0 Å². The van der Waals surface area contributed by atoms with Crippen molar-refractivity contribution in [2.45, 2.75) is 39.5 Å². The molecule has 3 aromatic rings. The minimum atomic E-state index is -0.831. The molecule has 0 saturated carbocycles. The summed E-state index contributed by atoms with van der Waals surface area (Å²) in [5.74, 6) is -0.479. The van der Waals surface area contributed by atoms with Crippen LogP contribution in [0.4, 0.5) is 10.5 Å². The third-order valence-corrected chi connectivity index (χ3v) is 6.28. The van der Waals surface area contributed by atoms with Crippen molar-refractivity contribution in [3.8, 4) is 0 Å². The summed E-state index contributed by atoms with van der Waals surface area (Å²) in [6.45, 7) is 7.11. The molecule has 2 heterocycles. The van der Waals surface area contributed by atoms with Gasteiger partial charge in [0.25, 0.3) is 5.91 Å². The zero-order valence-electron chi connectivity index (χ0n) is 20.7. The molecule has 2 unspecified atom stereocenters. The predicted molar refractivity (Wildman–Crippen MR) is 136 cm³/mol. The van der Waals surface area contributed by atoms with Crippen molar-refractivity contribution >= 4 is 23.6 Å². The molecule has 1 saturated heterocycles. The van der Waals surface area contributed by atoms with Crippen LogP contribution in [0.2, 0.25) is 0 Å². The van der Waals surface area contributed by atoms with Gasteiger partial charge >= 0.3 is 6.09 Å². The lowest BCUT2D eigenvalue weighted by molar-refractivity contribution is -0.136. The number of aryl methyl sites for hydroxylation is 1. The number of aromatic nitrogens is 1. The Hall–Kier alpha value is -4.20. The molecule has 3 amide bonds. The number of benzene rings is 2. The van der Waals surface area contributed by atoms with Gasteiger partial charge < -0.3 is 15.0 Å². The molecular weight excluding hydrogens is 456 g/mol. The van der Waals surface area contributed by atoms with Gasteiger partial charge in [0, 0.05) is 31.2 Å². The van der Waals surface area contributed by atoms with Gasteiger partial charge in [-0.1, -0.05) is 42.0 Å². The van der Waals surface area contributed by atoms with Gasteiger partial charge in [0.2, 0.25) is 5.91 Å². The molecule has 4 rings (SSSR count). The van der Waals surface area contributed by atoms with Gasteiger partial charge in [-0.3, -0.25) is 19.5 Å². The van der Waals surface area contributed by atoms with Gasteiger partial charge in [-0.05, 0) is 56.2 Å². The molecule has 8 heteroatoms. The summed E-state index contributed by atoms with van der Waals surface area (Å²) in [6, 6.07) is 17.4. The van der Waals surface area contributed by atoms with Crippen LogP contribution in [0, 0.1) is 6.92 Å². The number of ether oxygens (including phenoxy) is 1. The number of cyclic esters (lactones) is 1. The van der Waals surface area contributed by atoms with Crippen LogP contribution in [0.15, 0.2) is 73.1 Å². The van der Waals surface area contributed by atoms with Gasteiger partial charge in [0.1, 0.15) is 0 Å². The quantitative estimate of drug-likeness (QED) is 0.504. The Kier molecular flexibility index (Phi) is 7.63. The minimum Gasteiger partial charge on any atom is -0.438 e. The molecule has 186 valence electrons. The number of anilines is 1. The highest BCUT2D eigenvalue weighted by Gasteiger charge is 2.48. The highest BCUT2D eigenvalue weighted by atomic mass is 16.6. The summed E-state index contributed by atoms with van der Waals surface area (Å²) in [6.07, 6.45) is 1.73. The van der Waals surface area contributed by atoms with Crippen LogP contribution in [0.1, 0.15) is 47.0 Å². The van der Waals surface area contributed by atoms with E-state index in [1.165, 1.54) is 11.1 Å². The standard InChI is InChI=1S/C28H30N4O4/c1-4-31(5-2)27(34)24-25(36-28(35)32(24)18-20-13-11-19(3)12-14-20)21-8-6-10-23(16-21)30-26(33)22-9-7-15-29-17-22/h6-17,24-25H,4-5,18H2,1-3H3,(H,30,33). The zero-order valence-corrected chi connectivity index (χ0v) is 20.7. The van der Waals surface area contributed by atoms with Crippen LogP contribution in [0.5, 0.6) is 0 Å². The summed E-state index contributed by atoms with van der Waals surface area (Å²) in [7, 11) is 0. The average molecular weight is 487 g/mol. The molecule has 2 atom stereocenters. The molecular formula is C28H30N4O4. The SMILES string of the molecule is CCN(CC)C(=O)C1C(c2cccc(NC(=O)c3cccnc3)c2)OC(=O)N1Cc1ccc(C)cc1. The van der Waals surface area contributed by atoms with E-state index in [1.54, 1.807) is 47.5 Å². The number of nitrogens with one attached hydrogen (secondary N) is 1. The molecule has 0 aliphatic carbocycles. The highest BCUT2D eigenvalue weighted by Crippen LogP contribution is 2.36. The van der Waals surface area contributed by atoms with Gasteiger partial charge in [-0.15, -0.1) is 0 Å². The number of carbonyl (C=O) groups excluding carboxylic acids is 3. The maximum atomic E-state index is 13.6. The smallest absolute Gasteiger partial charge is 0.411 e. The Morgan fingerprint density at radius 1 is 1.06 bits per heavy atom. The summed E-state index contributed by atoms with van der Waals surface area (Å²) >= 11 is 0. The van der Waals surface area contributed by atoms with E-state index in [1.807, 2.05) is 45.0 Å². The van der Waals surface area contributed by atoms with Gasteiger partial charge in [-0.2, -0.15) is 0 Å². The first-order valence-electron chi connectivity index (χ1n) is 12.0. The maximum Gasteiger partial charge on any atom is 0.411 e. The van der Waals surface area contributed by atoms with E-state index < -0.39 is 18.2 Å². The molecule has 1 N–H and O–H groups in total. The van der Waals surface area contributed by atoms with E-state index in [2.05, 4.69) is 10.3 Å². The van der Waals surface area contributed by atoms with Crippen molar-refractivity contribution in [1.82, 2.24) is 14.8 Å². The summed E-state index contributed by atoms with van der Waals surface area (Å²) < 4.78 is 5.79. The fraction of sp³-hybridized carbons (Fsp3) is 0.286. The molecule has 0 spiro atoms. The fourth-order valence-electron chi connectivity index (χ4n) is 4.30. The Labute approximate surface area is 210 Å². The number of likely N-dealkylation sites (N-methyl/N-ethyl adjacent to an activating group) is 1. The first kappa shape index (κ1) is 24.9. The molecule has 1 aliphatic rings. The molecule has 36 heavy (non-hydrogen) atoms.